The molecule has 0 saturated carbocycles. The second-order valence-electron chi connectivity index (χ2n) is 6.19. The lowest BCUT2D eigenvalue weighted by atomic mass is 9.81. The van der Waals surface area contributed by atoms with Crippen LogP contribution in [0.4, 0.5) is 10.1 Å². The summed E-state index contributed by atoms with van der Waals surface area (Å²) in [5.41, 5.74) is 0.721. The van der Waals surface area contributed by atoms with Crippen molar-refractivity contribution < 1.29 is 9.13 Å². The molecular formula is C17H25FN2O. The van der Waals surface area contributed by atoms with E-state index in [-0.39, 0.29) is 5.82 Å². The normalized spacial score (nSPS) is 28.5. The fourth-order valence-electron chi connectivity index (χ4n) is 4.05. The van der Waals surface area contributed by atoms with Gasteiger partial charge in [-0.1, -0.05) is 6.92 Å². The van der Waals surface area contributed by atoms with Crippen LogP contribution >= 0.6 is 0 Å². The van der Waals surface area contributed by atoms with Crippen LogP contribution in [0.5, 0.6) is 5.75 Å². The molecule has 2 aliphatic heterocycles. The van der Waals surface area contributed by atoms with Crippen molar-refractivity contribution in [2.24, 2.45) is 0 Å². The Hall–Kier alpha value is -1.29. The van der Waals surface area contributed by atoms with Crippen molar-refractivity contribution in [2.45, 2.75) is 57.2 Å². The number of benzene rings is 1. The highest BCUT2D eigenvalue weighted by atomic mass is 19.1. The lowest BCUT2D eigenvalue weighted by molar-refractivity contribution is 0.245. The van der Waals surface area contributed by atoms with Crippen molar-refractivity contribution in [3.63, 3.8) is 0 Å². The summed E-state index contributed by atoms with van der Waals surface area (Å²) >= 11 is 0. The number of piperidine rings is 2. The van der Waals surface area contributed by atoms with E-state index in [9.17, 15) is 4.39 Å². The Bertz CT molecular complexity index is 480. The Labute approximate surface area is 126 Å². The molecule has 0 aliphatic carbocycles. The molecule has 0 aromatic heterocycles. The first-order valence-electron chi connectivity index (χ1n) is 8.08. The lowest BCUT2D eigenvalue weighted by Crippen LogP contribution is -2.56. The molecule has 116 valence electrons. The van der Waals surface area contributed by atoms with Gasteiger partial charge in [-0.05, 0) is 50.8 Å². The molecule has 1 aromatic carbocycles. The highest BCUT2D eigenvalue weighted by molar-refractivity contribution is 5.54. The van der Waals surface area contributed by atoms with Gasteiger partial charge in [0, 0.05) is 24.2 Å². The molecule has 4 heteroatoms. The third-order valence-electron chi connectivity index (χ3n) is 4.90. The Morgan fingerprint density at radius 2 is 2.00 bits per heavy atom. The summed E-state index contributed by atoms with van der Waals surface area (Å²) in [5, 5.41) is 3.58. The van der Waals surface area contributed by atoms with Gasteiger partial charge in [-0.15, -0.1) is 0 Å². The zero-order chi connectivity index (χ0) is 14.8. The molecule has 2 unspecified atom stereocenters. The van der Waals surface area contributed by atoms with Gasteiger partial charge in [0.2, 0.25) is 0 Å². The van der Waals surface area contributed by atoms with Crippen LogP contribution in [0.1, 0.15) is 39.0 Å². The number of fused-ring (bicyclic) bond motifs is 2. The maximum Gasteiger partial charge on any atom is 0.146 e. The summed E-state index contributed by atoms with van der Waals surface area (Å²) in [4.78, 5) is 2.33. The van der Waals surface area contributed by atoms with E-state index < -0.39 is 0 Å². The van der Waals surface area contributed by atoms with Crippen LogP contribution in [0.3, 0.4) is 0 Å². The van der Waals surface area contributed by atoms with Gasteiger partial charge >= 0.3 is 0 Å². The Kier molecular flexibility index (Phi) is 4.34. The summed E-state index contributed by atoms with van der Waals surface area (Å²) in [7, 11) is 1.63. The van der Waals surface area contributed by atoms with Gasteiger partial charge in [0.1, 0.15) is 11.6 Å². The number of ether oxygens (including phenoxy) is 1. The van der Waals surface area contributed by atoms with Crippen molar-refractivity contribution >= 4 is 5.69 Å². The minimum absolute atomic E-state index is 0.130. The minimum atomic E-state index is -0.130. The van der Waals surface area contributed by atoms with E-state index >= 15 is 0 Å². The van der Waals surface area contributed by atoms with E-state index in [1.165, 1.54) is 12.5 Å². The fraction of sp³-hybridized carbons (Fsp3) is 0.647. The third kappa shape index (κ3) is 2.86. The number of nitrogens with zero attached hydrogens (tertiary/aromatic N) is 1. The van der Waals surface area contributed by atoms with Crippen LogP contribution in [0.15, 0.2) is 18.2 Å². The second kappa shape index (κ2) is 6.22. The maximum atomic E-state index is 14.3. The molecule has 2 aliphatic rings. The van der Waals surface area contributed by atoms with Crippen molar-refractivity contribution in [1.29, 1.82) is 0 Å². The summed E-state index contributed by atoms with van der Waals surface area (Å²) in [6.07, 6.45) is 5.81. The minimum Gasteiger partial charge on any atom is -0.497 e. The van der Waals surface area contributed by atoms with Gasteiger partial charge in [-0.2, -0.15) is 0 Å². The number of methoxy groups -OCH3 is 1. The smallest absolute Gasteiger partial charge is 0.146 e. The number of halogens is 1. The van der Waals surface area contributed by atoms with Crippen LogP contribution in [0.2, 0.25) is 0 Å². The standard InChI is InChI=1S/C17H25FN2O/c1-3-19-12-9-13-5-4-6-14(10-12)20(13)17-11-15(21-2)7-8-16(17)18/h7-8,11-14,19H,3-6,9-10H2,1-2H3. The average Bonchev–Trinajstić information content (AvgIpc) is 2.47. The molecule has 3 rings (SSSR count). The molecule has 2 atom stereocenters. The molecule has 3 nitrogen and oxygen atoms in total. The first kappa shape index (κ1) is 14.6. The lowest BCUT2D eigenvalue weighted by Gasteiger charge is -2.50. The number of hydrogen-bond donors (Lipinski definition) is 1. The van der Waals surface area contributed by atoms with E-state index in [0.717, 1.165) is 43.7 Å². The van der Waals surface area contributed by atoms with Crippen molar-refractivity contribution in [3.8, 4) is 5.75 Å². The van der Waals surface area contributed by atoms with Crippen LogP contribution < -0.4 is 15.0 Å². The SMILES string of the molecule is CCNC1CC2CCCC(C1)N2c1cc(OC)ccc1F. The van der Waals surface area contributed by atoms with E-state index in [0.29, 0.717) is 18.1 Å². The van der Waals surface area contributed by atoms with Gasteiger partial charge in [0.15, 0.2) is 0 Å². The second-order valence-corrected chi connectivity index (χ2v) is 6.19. The number of rotatable bonds is 4. The molecule has 0 spiro atoms. The van der Waals surface area contributed by atoms with E-state index in [1.54, 1.807) is 13.2 Å². The molecule has 2 bridgehead atoms. The number of hydrogen-bond acceptors (Lipinski definition) is 3. The predicted octanol–water partition coefficient (Wildman–Crippen LogP) is 3.33. The van der Waals surface area contributed by atoms with Gasteiger partial charge in [-0.25, -0.2) is 4.39 Å². The summed E-state index contributed by atoms with van der Waals surface area (Å²) in [6, 6.07) is 6.55. The van der Waals surface area contributed by atoms with Gasteiger partial charge in [-0.3, -0.25) is 0 Å². The van der Waals surface area contributed by atoms with Gasteiger partial charge in [0.05, 0.1) is 12.8 Å². The number of anilines is 1. The molecule has 1 N–H and O–H groups in total. The first-order valence-corrected chi connectivity index (χ1v) is 8.08. The molecule has 0 radical (unpaired) electrons. The van der Waals surface area contributed by atoms with E-state index in [1.807, 2.05) is 6.07 Å². The molecule has 2 heterocycles. The van der Waals surface area contributed by atoms with Gasteiger partial charge in [0.25, 0.3) is 0 Å². The molecule has 0 amide bonds. The van der Waals surface area contributed by atoms with Gasteiger partial charge < -0.3 is 15.0 Å². The van der Waals surface area contributed by atoms with E-state index in [4.69, 9.17) is 4.74 Å². The largest absolute Gasteiger partial charge is 0.497 e. The summed E-state index contributed by atoms with van der Waals surface area (Å²) < 4.78 is 19.6. The molecule has 2 saturated heterocycles. The highest BCUT2D eigenvalue weighted by Crippen LogP contribution is 2.39. The van der Waals surface area contributed by atoms with Crippen molar-refractivity contribution in [1.82, 2.24) is 5.32 Å². The molecule has 1 aromatic rings. The number of nitrogens with one attached hydrogen (secondary N) is 1. The van der Waals surface area contributed by atoms with E-state index in [2.05, 4.69) is 17.1 Å². The monoisotopic (exact) mass is 292 g/mol. The predicted molar refractivity (Wildman–Crippen MR) is 83.6 cm³/mol. The molecular weight excluding hydrogens is 267 g/mol. The fourth-order valence-corrected chi connectivity index (χ4v) is 4.05. The average molecular weight is 292 g/mol. The Balaban J connectivity index is 1.88. The van der Waals surface area contributed by atoms with Crippen LogP contribution in [-0.2, 0) is 0 Å². The Morgan fingerprint density at radius 3 is 2.62 bits per heavy atom. The van der Waals surface area contributed by atoms with Crippen LogP contribution in [0, 0.1) is 5.82 Å². The first-order chi connectivity index (χ1) is 10.2. The molecule has 21 heavy (non-hydrogen) atoms. The zero-order valence-corrected chi connectivity index (χ0v) is 12.9. The summed E-state index contributed by atoms with van der Waals surface area (Å²) in [6.45, 7) is 3.17. The quantitative estimate of drug-likeness (QED) is 0.921. The maximum absolute atomic E-state index is 14.3. The Morgan fingerprint density at radius 1 is 1.29 bits per heavy atom. The van der Waals surface area contributed by atoms with Crippen LogP contribution in [0.25, 0.3) is 0 Å². The van der Waals surface area contributed by atoms with Crippen molar-refractivity contribution in [2.75, 3.05) is 18.6 Å². The molecule has 2 fully saturated rings. The zero-order valence-electron chi connectivity index (χ0n) is 12.9. The van der Waals surface area contributed by atoms with Crippen molar-refractivity contribution in [3.05, 3.63) is 24.0 Å². The third-order valence-corrected chi connectivity index (χ3v) is 4.90. The summed E-state index contributed by atoms with van der Waals surface area (Å²) in [5.74, 6) is 0.605. The highest BCUT2D eigenvalue weighted by Gasteiger charge is 2.39. The topological polar surface area (TPSA) is 24.5 Å². The van der Waals surface area contributed by atoms with Crippen LogP contribution in [-0.4, -0.2) is 31.8 Å².